The molecule has 1 aromatic carbocycles. The number of imide groups is 1. The number of hydrogen-bond acceptors (Lipinski definition) is 7. The van der Waals surface area contributed by atoms with Gasteiger partial charge in [-0.25, -0.2) is 14.6 Å². The van der Waals surface area contributed by atoms with Crippen molar-refractivity contribution in [2.75, 3.05) is 13.2 Å². The first-order valence-electron chi connectivity index (χ1n) is 7.51. The van der Waals surface area contributed by atoms with Gasteiger partial charge in [-0.05, 0) is 43.3 Å². The van der Waals surface area contributed by atoms with E-state index >= 15 is 0 Å². The molecule has 0 aliphatic rings. The molecule has 0 bridgehead atoms. The molecule has 26 heavy (non-hydrogen) atoms. The molecule has 0 aliphatic carbocycles. The van der Waals surface area contributed by atoms with Crippen LogP contribution in [-0.2, 0) is 14.3 Å². The lowest BCUT2D eigenvalue weighted by Crippen LogP contribution is -2.34. The number of amides is 2. The molecule has 136 valence electrons. The minimum Gasteiger partial charge on any atom is -0.452 e. The molecule has 9 heteroatoms. The van der Waals surface area contributed by atoms with Crippen LogP contribution in [0.4, 0.5) is 4.79 Å². The molecule has 1 N–H and O–H groups in total. The first-order chi connectivity index (χ1) is 12.5. The Morgan fingerprint density at radius 2 is 1.88 bits per heavy atom. The number of ether oxygens (including phenoxy) is 2. The van der Waals surface area contributed by atoms with Crippen LogP contribution in [0, 0.1) is 0 Å². The summed E-state index contributed by atoms with van der Waals surface area (Å²) in [5, 5.41) is 2.96. The largest absolute Gasteiger partial charge is 0.452 e. The third kappa shape index (κ3) is 6.05. The predicted molar refractivity (Wildman–Crippen MR) is 95.3 cm³/mol. The van der Waals surface area contributed by atoms with Crippen LogP contribution < -0.4 is 5.32 Å². The molecule has 7 nitrogen and oxygen atoms in total. The zero-order chi connectivity index (χ0) is 18.9. The summed E-state index contributed by atoms with van der Waals surface area (Å²) >= 11 is 7.11. The molecule has 0 saturated heterocycles. The fourth-order valence-corrected chi connectivity index (χ4v) is 2.76. The molecule has 2 amide bonds. The Balaban J connectivity index is 1.99. The Hall–Kier alpha value is -2.58. The van der Waals surface area contributed by atoms with Gasteiger partial charge >= 0.3 is 12.1 Å². The van der Waals surface area contributed by atoms with Gasteiger partial charge in [0.1, 0.15) is 5.03 Å². The zero-order valence-electron chi connectivity index (χ0n) is 13.7. The van der Waals surface area contributed by atoms with Crippen LogP contribution in [0.15, 0.2) is 52.5 Å². The fourth-order valence-electron chi connectivity index (χ4n) is 1.77. The van der Waals surface area contributed by atoms with E-state index in [0.717, 1.165) is 4.90 Å². The SMILES string of the molecule is CCOC(=O)NC(=O)COC(=O)c1cccnc1Sc1ccc(Cl)cc1. The highest BCUT2D eigenvalue weighted by atomic mass is 35.5. The van der Waals surface area contributed by atoms with Crippen LogP contribution in [0.5, 0.6) is 0 Å². The maximum absolute atomic E-state index is 12.2. The normalized spacial score (nSPS) is 10.1. The fraction of sp³-hybridized carbons (Fsp3) is 0.176. The maximum atomic E-state index is 12.2. The summed E-state index contributed by atoms with van der Waals surface area (Å²) in [4.78, 5) is 39.9. The van der Waals surface area contributed by atoms with E-state index in [0.29, 0.717) is 10.0 Å². The summed E-state index contributed by atoms with van der Waals surface area (Å²) in [6.07, 6.45) is 0.650. The first-order valence-corrected chi connectivity index (χ1v) is 8.71. The molecule has 0 aliphatic heterocycles. The van der Waals surface area contributed by atoms with Gasteiger partial charge in [-0.1, -0.05) is 23.4 Å². The van der Waals surface area contributed by atoms with Gasteiger partial charge in [0.15, 0.2) is 6.61 Å². The van der Waals surface area contributed by atoms with Crippen molar-refractivity contribution >= 4 is 41.3 Å². The van der Waals surface area contributed by atoms with Gasteiger partial charge in [0.25, 0.3) is 5.91 Å². The number of hydrogen-bond donors (Lipinski definition) is 1. The van der Waals surface area contributed by atoms with Crippen LogP contribution in [-0.4, -0.2) is 36.2 Å². The van der Waals surface area contributed by atoms with Crippen molar-refractivity contribution in [1.29, 1.82) is 0 Å². The Morgan fingerprint density at radius 3 is 2.58 bits per heavy atom. The Kier molecular flexibility index (Phi) is 7.43. The van der Waals surface area contributed by atoms with Gasteiger partial charge in [-0.15, -0.1) is 0 Å². The van der Waals surface area contributed by atoms with Gasteiger partial charge in [0.2, 0.25) is 0 Å². The zero-order valence-corrected chi connectivity index (χ0v) is 15.3. The topological polar surface area (TPSA) is 94.6 Å². The van der Waals surface area contributed by atoms with E-state index in [1.165, 1.54) is 17.8 Å². The summed E-state index contributed by atoms with van der Waals surface area (Å²) in [7, 11) is 0. The lowest BCUT2D eigenvalue weighted by atomic mass is 10.3. The first kappa shape index (κ1) is 19.7. The number of esters is 1. The maximum Gasteiger partial charge on any atom is 0.413 e. The number of benzene rings is 1. The molecule has 0 atom stereocenters. The number of nitrogens with one attached hydrogen (secondary N) is 1. The average molecular weight is 395 g/mol. The molecule has 0 unspecified atom stereocenters. The number of carbonyl (C=O) groups excluding carboxylic acids is 3. The quantitative estimate of drug-likeness (QED) is 0.751. The van der Waals surface area contributed by atoms with E-state index < -0.39 is 24.6 Å². The van der Waals surface area contributed by atoms with Crippen molar-refractivity contribution in [3.05, 3.63) is 53.2 Å². The monoisotopic (exact) mass is 394 g/mol. The van der Waals surface area contributed by atoms with E-state index in [4.69, 9.17) is 16.3 Å². The summed E-state index contributed by atoms with van der Waals surface area (Å²) < 4.78 is 9.50. The van der Waals surface area contributed by atoms with Crippen molar-refractivity contribution in [3.63, 3.8) is 0 Å². The summed E-state index contributed by atoms with van der Waals surface area (Å²) in [5.74, 6) is -1.51. The number of carbonyl (C=O) groups is 3. The van der Waals surface area contributed by atoms with E-state index in [1.807, 2.05) is 5.32 Å². The minimum atomic E-state index is -0.895. The molecule has 0 radical (unpaired) electrons. The second-order valence-corrected chi connectivity index (χ2v) is 6.26. The summed E-state index contributed by atoms with van der Waals surface area (Å²) in [6.45, 7) is 1.11. The number of pyridine rings is 1. The Morgan fingerprint density at radius 1 is 1.15 bits per heavy atom. The van der Waals surface area contributed by atoms with Crippen molar-refractivity contribution in [2.24, 2.45) is 0 Å². The van der Waals surface area contributed by atoms with Crippen LogP contribution in [0.2, 0.25) is 5.02 Å². The van der Waals surface area contributed by atoms with Crippen LogP contribution in [0.25, 0.3) is 0 Å². The van der Waals surface area contributed by atoms with Crippen molar-refractivity contribution in [3.8, 4) is 0 Å². The van der Waals surface area contributed by atoms with Gasteiger partial charge < -0.3 is 9.47 Å². The van der Waals surface area contributed by atoms with Crippen molar-refractivity contribution in [1.82, 2.24) is 10.3 Å². The molecule has 2 aromatic rings. The van der Waals surface area contributed by atoms with E-state index in [2.05, 4.69) is 9.72 Å². The Labute approximate surface area is 159 Å². The molecule has 0 saturated carbocycles. The lowest BCUT2D eigenvalue weighted by Gasteiger charge is -2.09. The third-order valence-corrected chi connectivity index (χ3v) is 4.15. The highest BCUT2D eigenvalue weighted by Gasteiger charge is 2.17. The van der Waals surface area contributed by atoms with E-state index in [1.54, 1.807) is 43.5 Å². The number of nitrogens with zero attached hydrogens (tertiary/aromatic N) is 1. The van der Waals surface area contributed by atoms with Crippen LogP contribution >= 0.6 is 23.4 Å². The molecule has 1 heterocycles. The molecule has 0 spiro atoms. The van der Waals surface area contributed by atoms with Gasteiger partial charge in [0, 0.05) is 16.1 Å². The van der Waals surface area contributed by atoms with Gasteiger partial charge in [0.05, 0.1) is 12.2 Å². The molecule has 2 rings (SSSR count). The molecular formula is C17H15ClN2O5S. The van der Waals surface area contributed by atoms with Gasteiger partial charge in [-0.3, -0.25) is 10.1 Å². The smallest absolute Gasteiger partial charge is 0.413 e. The molecular weight excluding hydrogens is 380 g/mol. The van der Waals surface area contributed by atoms with Crippen LogP contribution in [0.1, 0.15) is 17.3 Å². The summed E-state index contributed by atoms with van der Waals surface area (Å²) in [6, 6.07) is 10.2. The van der Waals surface area contributed by atoms with Crippen LogP contribution in [0.3, 0.4) is 0 Å². The second-order valence-electron chi connectivity index (χ2n) is 4.76. The highest BCUT2D eigenvalue weighted by molar-refractivity contribution is 7.99. The number of halogens is 1. The predicted octanol–water partition coefficient (Wildman–Crippen LogP) is 3.32. The average Bonchev–Trinajstić information content (AvgIpc) is 2.62. The van der Waals surface area contributed by atoms with E-state index in [-0.39, 0.29) is 12.2 Å². The second kappa shape index (κ2) is 9.79. The Bertz CT molecular complexity index is 798. The summed E-state index contributed by atoms with van der Waals surface area (Å²) in [5.41, 5.74) is 0.205. The standard InChI is InChI=1S/C17H15ClN2O5S/c1-2-24-17(23)20-14(21)10-25-16(22)13-4-3-9-19-15(13)26-12-7-5-11(18)6-8-12/h3-9H,2,10H2,1H3,(H,20,21,23). The highest BCUT2D eigenvalue weighted by Crippen LogP contribution is 2.29. The number of aromatic nitrogens is 1. The van der Waals surface area contributed by atoms with Crippen molar-refractivity contribution < 1.29 is 23.9 Å². The number of rotatable bonds is 6. The molecule has 0 fully saturated rings. The lowest BCUT2D eigenvalue weighted by molar-refractivity contribution is -0.123. The minimum absolute atomic E-state index is 0.125. The van der Waals surface area contributed by atoms with Gasteiger partial charge in [-0.2, -0.15) is 0 Å². The van der Waals surface area contributed by atoms with Crippen molar-refractivity contribution in [2.45, 2.75) is 16.8 Å². The molecule has 1 aromatic heterocycles. The number of alkyl carbamates (subject to hydrolysis) is 1. The third-order valence-electron chi connectivity index (χ3n) is 2.87. The van der Waals surface area contributed by atoms with E-state index in [9.17, 15) is 14.4 Å².